The number of rotatable bonds is 7. The molecule has 27 heavy (non-hydrogen) atoms. The molecule has 142 valence electrons. The Bertz CT molecular complexity index is 757. The Morgan fingerprint density at radius 1 is 1.15 bits per heavy atom. The third kappa shape index (κ3) is 6.93. The number of hydrogen-bond acceptors (Lipinski definition) is 5. The molecule has 1 N–H and O–H groups in total. The van der Waals surface area contributed by atoms with Gasteiger partial charge >= 0.3 is 0 Å². The monoisotopic (exact) mass is 479 g/mol. The summed E-state index contributed by atoms with van der Waals surface area (Å²) in [5.41, 5.74) is 4.58. The Kier molecular flexibility index (Phi) is 7.61. The zero-order chi connectivity index (χ0) is 18.9. The highest BCUT2D eigenvalue weighted by molar-refractivity contribution is 14.1. The van der Waals surface area contributed by atoms with Crippen molar-refractivity contribution in [3.63, 3.8) is 0 Å². The topological polar surface area (TPSA) is 63.2 Å². The minimum absolute atomic E-state index is 0.120. The number of nitrogens with zero attached hydrogens (tertiary/aromatic N) is 2. The van der Waals surface area contributed by atoms with E-state index in [-0.39, 0.29) is 5.91 Å². The van der Waals surface area contributed by atoms with Crippen molar-refractivity contribution in [2.75, 3.05) is 32.8 Å². The number of carbonyl (C=O) groups is 1. The van der Waals surface area contributed by atoms with Crippen molar-refractivity contribution in [3.05, 3.63) is 63.2 Å². The molecular weight excluding hydrogens is 457 g/mol. The highest BCUT2D eigenvalue weighted by Gasteiger charge is 2.13. The van der Waals surface area contributed by atoms with Gasteiger partial charge in [0.05, 0.1) is 26.0 Å². The van der Waals surface area contributed by atoms with E-state index in [0.29, 0.717) is 26.4 Å². The summed E-state index contributed by atoms with van der Waals surface area (Å²) in [7, 11) is 0. The van der Waals surface area contributed by atoms with Crippen LogP contribution in [0.25, 0.3) is 0 Å². The van der Waals surface area contributed by atoms with E-state index in [1.807, 2.05) is 29.2 Å². The fourth-order valence-corrected chi connectivity index (χ4v) is 2.93. The van der Waals surface area contributed by atoms with Crippen molar-refractivity contribution < 1.29 is 14.3 Å². The number of ether oxygens (including phenoxy) is 2. The van der Waals surface area contributed by atoms with Crippen LogP contribution in [-0.2, 0) is 16.1 Å². The molecule has 6 nitrogen and oxygen atoms in total. The zero-order valence-electron chi connectivity index (χ0n) is 14.9. The summed E-state index contributed by atoms with van der Waals surface area (Å²) >= 11 is 2.28. The number of hydrogen-bond donors (Lipinski definition) is 1. The molecule has 3 rings (SSSR count). The van der Waals surface area contributed by atoms with Gasteiger partial charge in [0.1, 0.15) is 12.4 Å². The first-order valence-electron chi connectivity index (χ1n) is 8.78. The number of carbonyl (C=O) groups excluding carboxylic acids is 1. The van der Waals surface area contributed by atoms with Gasteiger partial charge in [-0.25, -0.2) is 5.43 Å². The second kappa shape index (κ2) is 10.4. The highest BCUT2D eigenvalue weighted by Crippen LogP contribution is 2.14. The van der Waals surface area contributed by atoms with Crippen LogP contribution in [0.5, 0.6) is 5.75 Å². The SMILES string of the molecule is O=C(CN1CCOCC1)N/N=C\c1ccc(OCc2ccc(I)cc2)cc1. The predicted octanol–water partition coefficient (Wildman–Crippen LogP) is 2.65. The van der Waals surface area contributed by atoms with Crippen LogP contribution in [0.1, 0.15) is 11.1 Å². The van der Waals surface area contributed by atoms with Gasteiger partial charge in [-0.1, -0.05) is 12.1 Å². The predicted molar refractivity (Wildman–Crippen MR) is 113 cm³/mol. The van der Waals surface area contributed by atoms with Crippen molar-refractivity contribution in [2.45, 2.75) is 6.61 Å². The molecule has 1 aliphatic rings. The van der Waals surface area contributed by atoms with E-state index in [4.69, 9.17) is 9.47 Å². The summed E-state index contributed by atoms with van der Waals surface area (Å²) in [4.78, 5) is 13.9. The maximum absolute atomic E-state index is 11.9. The lowest BCUT2D eigenvalue weighted by atomic mass is 10.2. The molecule has 1 heterocycles. The van der Waals surface area contributed by atoms with Gasteiger partial charge in [0.2, 0.25) is 0 Å². The van der Waals surface area contributed by atoms with E-state index in [1.54, 1.807) is 6.21 Å². The summed E-state index contributed by atoms with van der Waals surface area (Å²) in [5, 5.41) is 4.01. The molecule has 0 aliphatic carbocycles. The fraction of sp³-hybridized carbons (Fsp3) is 0.300. The first-order chi connectivity index (χ1) is 13.2. The van der Waals surface area contributed by atoms with Gasteiger partial charge in [-0.15, -0.1) is 0 Å². The van der Waals surface area contributed by atoms with Crippen molar-refractivity contribution in [1.29, 1.82) is 0 Å². The van der Waals surface area contributed by atoms with E-state index in [2.05, 4.69) is 57.4 Å². The molecule has 1 fully saturated rings. The molecule has 1 saturated heterocycles. The zero-order valence-corrected chi connectivity index (χ0v) is 17.1. The number of amides is 1. The van der Waals surface area contributed by atoms with Gasteiger partial charge in [-0.3, -0.25) is 9.69 Å². The average molecular weight is 479 g/mol. The number of halogens is 1. The van der Waals surface area contributed by atoms with Gasteiger partial charge in [0.25, 0.3) is 5.91 Å². The van der Waals surface area contributed by atoms with Crippen LogP contribution in [0.4, 0.5) is 0 Å². The third-order valence-corrected chi connectivity index (χ3v) is 4.79. The van der Waals surface area contributed by atoms with Gasteiger partial charge in [-0.2, -0.15) is 5.10 Å². The summed E-state index contributed by atoms with van der Waals surface area (Å²) in [6, 6.07) is 15.8. The molecule has 2 aromatic carbocycles. The maximum Gasteiger partial charge on any atom is 0.254 e. The smallest absolute Gasteiger partial charge is 0.254 e. The van der Waals surface area contributed by atoms with Crippen LogP contribution < -0.4 is 10.2 Å². The summed E-state index contributed by atoms with van der Waals surface area (Å²) in [5.74, 6) is 0.674. The van der Waals surface area contributed by atoms with Crippen LogP contribution in [0.2, 0.25) is 0 Å². The maximum atomic E-state index is 11.9. The Labute approximate surface area is 172 Å². The molecule has 0 spiro atoms. The molecule has 1 amide bonds. The Balaban J connectivity index is 1.42. The lowest BCUT2D eigenvalue weighted by Crippen LogP contribution is -2.42. The summed E-state index contributed by atoms with van der Waals surface area (Å²) in [6.45, 7) is 3.78. The van der Waals surface area contributed by atoms with Gasteiger partial charge in [0, 0.05) is 16.7 Å². The van der Waals surface area contributed by atoms with Gasteiger partial charge in [0.15, 0.2) is 0 Å². The highest BCUT2D eigenvalue weighted by atomic mass is 127. The van der Waals surface area contributed by atoms with E-state index < -0.39 is 0 Å². The normalized spacial score (nSPS) is 15.0. The minimum Gasteiger partial charge on any atom is -0.489 e. The van der Waals surface area contributed by atoms with Crippen LogP contribution in [-0.4, -0.2) is 49.9 Å². The second-order valence-corrected chi connectivity index (χ2v) is 7.41. The molecule has 0 radical (unpaired) electrons. The first-order valence-corrected chi connectivity index (χ1v) is 9.86. The second-order valence-electron chi connectivity index (χ2n) is 6.17. The van der Waals surface area contributed by atoms with Crippen molar-refractivity contribution >= 4 is 34.7 Å². The van der Waals surface area contributed by atoms with Gasteiger partial charge in [-0.05, 0) is 70.1 Å². The molecule has 0 aromatic heterocycles. The number of morpholine rings is 1. The van der Waals surface area contributed by atoms with E-state index in [0.717, 1.165) is 30.0 Å². The van der Waals surface area contributed by atoms with E-state index >= 15 is 0 Å². The van der Waals surface area contributed by atoms with Crippen LogP contribution >= 0.6 is 22.6 Å². The number of nitrogens with one attached hydrogen (secondary N) is 1. The van der Waals surface area contributed by atoms with Crippen LogP contribution in [0.15, 0.2) is 53.6 Å². The molecular formula is C20H22IN3O3. The van der Waals surface area contributed by atoms with E-state index in [1.165, 1.54) is 3.57 Å². The molecule has 0 saturated carbocycles. The molecule has 2 aromatic rings. The lowest BCUT2D eigenvalue weighted by Gasteiger charge is -2.25. The minimum atomic E-state index is -0.120. The third-order valence-electron chi connectivity index (χ3n) is 4.07. The van der Waals surface area contributed by atoms with Crippen LogP contribution in [0.3, 0.4) is 0 Å². The Morgan fingerprint density at radius 3 is 2.56 bits per heavy atom. The summed E-state index contributed by atoms with van der Waals surface area (Å²) in [6.07, 6.45) is 1.63. The molecule has 0 bridgehead atoms. The Hall–Kier alpha value is -1.97. The Morgan fingerprint density at radius 2 is 1.85 bits per heavy atom. The lowest BCUT2D eigenvalue weighted by molar-refractivity contribution is -0.123. The molecule has 7 heteroatoms. The quantitative estimate of drug-likeness (QED) is 0.377. The fourth-order valence-electron chi connectivity index (χ4n) is 2.57. The average Bonchev–Trinajstić information content (AvgIpc) is 2.69. The molecule has 0 atom stereocenters. The summed E-state index contributed by atoms with van der Waals surface area (Å²) < 4.78 is 12.3. The number of hydrazone groups is 1. The van der Waals surface area contributed by atoms with Crippen molar-refractivity contribution in [2.24, 2.45) is 5.10 Å². The van der Waals surface area contributed by atoms with Crippen LogP contribution in [0, 0.1) is 3.57 Å². The molecule has 1 aliphatic heterocycles. The standard InChI is InChI=1S/C20H22IN3O3/c21-18-5-1-17(2-6-18)15-27-19-7-3-16(4-8-19)13-22-23-20(25)14-24-9-11-26-12-10-24/h1-8,13H,9-12,14-15H2,(H,23,25)/b22-13-. The first kappa shape index (κ1) is 19.8. The van der Waals surface area contributed by atoms with E-state index in [9.17, 15) is 4.79 Å². The van der Waals surface area contributed by atoms with Crippen molar-refractivity contribution in [3.8, 4) is 5.75 Å². The van der Waals surface area contributed by atoms with Crippen molar-refractivity contribution in [1.82, 2.24) is 10.3 Å². The molecule has 0 unspecified atom stereocenters. The number of benzene rings is 2. The van der Waals surface area contributed by atoms with Gasteiger partial charge < -0.3 is 9.47 Å². The largest absolute Gasteiger partial charge is 0.489 e.